The van der Waals surface area contributed by atoms with Crippen molar-refractivity contribution in [1.29, 1.82) is 0 Å². The molecule has 0 atom stereocenters. The van der Waals surface area contributed by atoms with E-state index >= 15 is 0 Å². The SMILES string of the molecule is O=Cc1ccc(F)c(OC2CCCC2)c1. The minimum atomic E-state index is -0.396. The zero-order valence-corrected chi connectivity index (χ0v) is 8.41. The van der Waals surface area contributed by atoms with E-state index in [1.807, 2.05) is 0 Å². The molecule has 0 radical (unpaired) electrons. The lowest BCUT2D eigenvalue weighted by molar-refractivity contribution is 0.112. The Kier molecular flexibility index (Phi) is 2.99. The summed E-state index contributed by atoms with van der Waals surface area (Å²) in [6.45, 7) is 0. The van der Waals surface area contributed by atoms with Gasteiger partial charge in [0.2, 0.25) is 0 Å². The lowest BCUT2D eigenvalue weighted by Crippen LogP contribution is -2.12. The van der Waals surface area contributed by atoms with E-state index < -0.39 is 5.82 Å². The van der Waals surface area contributed by atoms with Gasteiger partial charge in [-0.05, 0) is 43.9 Å². The third-order valence-electron chi connectivity index (χ3n) is 2.69. The normalized spacial score (nSPS) is 16.6. The molecule has 15 heavy (non-hydrogen) atoms. The summed E-state index contributed by atoms with van der Waals surface area (Å²) in [5.74, 6) is -0.195. The van der Waals surface area contributed by atoms with Gasteiger partial charge in [0, 0.05) is 5.56 Å². The predicted molar refractivity (Wildman–Crippen MR) is 54.7 cm³/mol. The molecule has 0 spiro atoms. The Morgan fingerprint density at radius 3 is 2.73 bits per heavy atom. The summed E-state index contributed by atoms with van der Waals surface area (Å²) in [6, 6.07) is 4.18. The number of rotatable bonds is 3. The minimum Gasteiger partial charge on any atom is -0.487 e. The van der Waals surface area contributed by atoms with Crippen LogP contribution in [0.15, 0.2) is 18.2 Å². The van der Waals surface area contributed by atoms with Gasteiger partial charge in [-0.25, -0.2) is 4.39 Å². The van der Waals surface area contributed by atoms with E-state index in [1.54, 1.807) is 0 Å². The van der Waals surface area contributed by atoms with Crippen molar-refractivity contribution in [3.05, 3.63) is 29.6 Å². The number of aldehydes is 1. The summed E-state index contributed by atoms with van der Waals surface area (Å²) in [6.07, 6.45) is 5.04. The first-order chi connectivity index (χ1) is 7.29. The monoisotopic (exact) mass is 208 g/mol. The van der Waals surface area contributed by atoms with Gasteiger partial charge in [0.25, 0.3) is 0 Å². The van der Waals surface area contributed by atoms with Crippen molar-refractivity contribution >= 4 is 6.29 Å². The van der Waals surface area contributed by atoms with E-state index in [-0.39, 0.29) is 11.9 Å². The Morgan fingerprint density at radius 2 is 2.07 bits per heavy atom. The molecule has 0 aromatic heterocycles. The zero-order valence-electron chi connectivity index (χ0n) is 8.41. The van der Waals surface area contributed by atoms with Gasteiger partial charge >= 0.3 is 0 Å². The number of hydrogen-bond acceptors (Lipinski definition) is 2. The molecule has 2 nitrogen and oxygen atoms in total. The van der Waals surface area contributed by atoms with Crippen molar-refractivity contribution in [2.45, 2.75) is 31.8 Å². The number of ether oxygens (including phenoxy) is 1. The molecule has 0 aliphatic heterocycles. The van der Waals surface area contributed by atoms with Gasteiger partial charge in [-0.2, -0.15) is 0 Å². The topological polar surface area (TPSA) is 26.3 Å². The van der Waals surface area contributed by atoms with Crippen molar-refractivity contribution in [3.63, 3.8) is 0 Å². The van der Waals surface area contributed by atoms with Crippen LogP contribution in [0, 0.1) is 5.82 Å². The molecule has 1 fully saturated rings. The van der Waals surface area contributed by atoms with Crippen LogP contribution in [0.1, 0.15) is 36.0 Å². The Morgan fingerprint density at radius 1 is 1.33 bits per heavy atom. The molecular weight excluding hydrogens is 195 g/mol. The van der Waals surface area contributed by atoms with Gasteiger partial charge in [0.05, 0.1) is 6.10 Å². The first kappa shape index (κ1) is 10.1. The second kappa shape index (κ2) is 4.43. The first-order valence-electron chi connectivity index (χ1n) is 5.21. The highest BCUT2D eigenvalue weighted by Gasteiger charge is 2.18. The highest BCUT2D eigenvalue weighted by Crippen LogP contribution is 2.26. The number of halogens is 1. The van der Waals surface area contributed by atoms with Crippen LogP contribution >= 0.6 is 0 Å². The number of carbonyl (C=O) groups is 1. The number of benzene rings is 1. The van der Waals surface area contributed by atoms with Crippen LogP contribution in [0.2, 0.25) is 0 Å². The molecule has 0 saturated heterocycles. The molecule has 3 heteroatoms. The highest BCUT2D eigenvalue weighted by molar-refractivity contribution is 5.75. The van der Waals surface area contributed by atoms with Crippen LogP contribution in [0.3, 0.4) is 0 Å². The van der Waals surface area contributed by atoms with E-state index in [9.17, 15) is 9.18 Å². The molecule has 0 heterocycles. The smallest absolute Gasteiger partial charge is 0.165 e. The fraction of sp³-hybridized carbons (Fsp3) is 0.417. The summed E-state index contributed by atoms with van der Waals surface area (Å²) in [4.78, 5) is 10.5. The van der Waals surface area contributed by atoms with E-state index in [2.05, 4.69) is 0 Å². The quantitative estimate of drug-likeness (QED) is 0.714. The van der Waals surface area contributed by atoms with Gasteiger partial charge in [0.1, 0.15) is 6.29 Å². The van der Waals surface area contributed by atoms with Crippen LogP contribution in [-0.2, 0) is 0 Å². The summed E-state index contributed by atoms with van der Waals surface area (Å²) in [5, 5.41) is 0. The maximum atomic E-state index is 13.3. The average molecular weight is 208 g/mol. The minimum absolute atomic E-state index is 0.112. The second-order valence-electron chi connectivity index (χ2n) is 3.83. The largest absolute Gasteiger partial charge is 0.487 e. The molecule has 1 aliphatic carbocycles. The highest BCUT2D eigenvalue weighted by atomic mass is 19.1. The van der Waals surface area contributed by atoms with Crippen molar-refractivity contribution in [3.8, 4) is 5.75 Å². The Balaban J connectivity index is 2.14. The Hall–Kier alpha value is -1.38. The third-order valence-corrected chi connectivity index (χ3v) is 2.69. The summed E-state index contributed by atoms with van der Waals surface area (Å²) in [5.41, 5.74) is 0.449. The zero-order chi connectivity index (χ0) is 10.7. The van der Waals surface area contributed by atoms with E-state index in [0.29, 0.717) is 11.8 Å². The van der Waals surface area contributed by atoms with Crippen LogP contribution in [-0.4, -0.2) is 12.4 Å². The number of hydrogen-bond donors (Lipinski definition) is 0. The van der Waals surface area contributed by atoms with Gasteiger partial charge < -0.3 is 4.74 Å². The van der Waals surface area contributed by atoms with E-state index in [0.717, 1.165) is 25.7 Å². The van der Waals surface area contributed by atoms with Gasteiger partial charge in [0.15, 0.2) is 11.6 Å². The van der Waals surface area contributed by atoms with Crippen LogP contribution in [0.25, 0.3) is 0 Å². The molecule has 1 aromatic rings. The van der Waals surface area contributed by atoms with Crippen LogP contribution < -0.4 is 4.74 Å². The molecule has 1 saturated carbocycles. The summed E-state index contributed by atoms with van der Waals surface area (Å²) >= 11 is 0. The van der Waals surface area contributed by atoms with Crippen LogP contribution in [0.5, 0.6) is 5.75 Å². The standard InChI is InChI=1S/C12H13FO2/c13-11-6-5-9(8-14)7-12(11)15-10-3-1-2-4-10/h5-8,10H,1-4H2. The molecule has 0 bridgehead atoms. The molecule has 0 unspecified atom stereocenters. The number of carbonyl (C=O) groups excluding carboxylic acids is 1. The third kappa shape index (κ3) is 2.35. The maximum absolute atomic E-state index is 13.3. The second-order valence-corrected chi connectivity index (χ2v) is 3.83. The maximum Gasteiger partial charge on any atom is 0.165 e. The molecule has 0 N–H and O–H groups in total. The van der Waals surface area contributed by atoms with Gasteiger partial charge in [-0.1, -0.05) is 0 Å². The first-order valence-corrected chi connectivity index (χ1v) is 5.21. The van der Waals surface area contributed by atoms with Crippen molar-refractivity contribution in [2.75, 3.05) is 0 Å². The van der Waals surface area contributed by atoms with E-state index in [4.69, 9.17) is 4.74 Å². The predicted octanol–water partition coefficient (Wildman–Crippen LogP) is 2.96. The molecule has 2 rings (SSSR count). The fourth-order valence-corrected chi connectivity index (χ4v) is 1.87. The van der Waals surface area contributed by atoms with Gasteiger partial charge in [-0.3, -0.25) is 4.79 Å². The van der Waals surface area contributed by atoms with Crippen molar-refractivity contribution < 1.29 is 13.9 Å². The lowest BCUT2D eigenvalue weighted by atomic mass is 10.2. The Labute approximate surface area is 88.1 Å². The molecule has 0 amide bonds. The van der Waals surface area contributed by atoms with E-state index in [1.165, 1.54) is 18.2 Å². The summed E-state index contributed by atoms with van der Waals surface area (Å²) in [7, 11) is 0. The molecule has 1 aliphatic rings. The van der Waals surface area contributed by atoms with Crippen molar-refractivity contribution in [2.24, 2.45) is 0 Å². The van der Waals surface area contributed by atoms with Crippen molar-refractivity contribution in [1.82, 2.24) is 0 Å². The Bertz CT molecular complexity index is 357. The lowest BCUT2D eigenvalue weighted by Gasteiger charge is -2.13. The molecule has 1 aromatic carbocycles. The fourth-order valence-electron chi connectivity index (χ4n) is 1.87. The average Bonchev–Trinajstić information content (AvgIpc) is 2.74. The summed E-state index contributed by atoms with van der Waals surface area (Å²) < 4.78 is 18.8. The van der Waals surface area contributed by atoms with Crippen LogP contribution in [0.4, 0.5) is 4.39 Å². The molecule has 80 valence electrons. The van der Waals surface area contributed by atoms with Gasteiger partial charge in [-0.15, -0.1) is 0 Å². The molecular formula is C12H13FO2.